The van der Waals surface area contributed by atoms with Crippen molar-refractivity contribution < 1.29 is 14.0 Å². The first-order valence-corrected chi connectivity index (χ1v) is 9.00. The van der Waals surface area contributed by atoms with Crippen LogP contribution in [0.15, 0.2) is 76.1 Å². The van der Waals surface area contributed by atoms with Crippen LogP contribution in [0.5, 0.6) is 0 Å². The van der Waals surface area contributed by atoms with E-state index in [2.05, 4.69) is 0 Å². The van der Waals surface area contributed by atoms with E-state index in [0.717, 1.165) is 22.2 Å². The minimum atomic E-state index is -0.375. The third kappa shape index (κ3) is 3.19. The fourth-order valence-corrected chi connectivity index (χ4v) is 3.55. The van der Waals surface area contributed by atoms with Gasteiger partial charge in [0.1, 0.15) is 11.5 Å². The first-order valence-electron chi connectivity index (χ1n) is 7.80. The molecule has 1 fully saturated rings. The lowest BCUT2D eigenvalue weighted by Gasteiger charge is -2.11. The Bertz CT molecular complexity index is 1010. The van der Waals surface area contributed by atoms with Crippen molar-refractivity contribution in [3.05, 3.63) is 82.4 Å². The molecule has 1 aliphatic heterocycles. The number of hydrogen-bond donors (Lipinski definition) is 0. The molecule has 0 aliphatic carbocycles. The van der Waals surface area contributed by atoms with Crippen LogP contribution in [0.3, 0.4) is 0 Å². The number of halogens is 1. The van der Waals surface area contributed by atoms with Crippen molar-refractivity contribution in [3.63, 3.8) is 0 Å². The van der Waals surface area contributed by atoms with Gasteiger partial charge in [0.15, 0.2) is 0 Å². The summed E-state index contributed by atoms with van der Waals surface area (Å²) in [4.78, 5) is 26.3. The van der Waals surface area contributed by atoms with E-state index in [4.69, 9.17) is 16.0 Å². The van der Waals surface area contributed by atoms with E-state index in [9.17, 15) is 9.59 Å². The Morgan fingerprint density at radius 1 is 0.923 bits per heavy atom. The maximum Gasteiger partial charge on any atom is 0.298 e. The fraction of sp³-hybridized carbons (Fsp3) is 0. The zero-order valence-corrected chi connectivity index (χ0v) is 15.0. The molecule has 3 aromatic rings. The summed E-state index contributed by atoms with van der Waals surface area (Å²) in [5, 5.41) is 0.193. The van der Waals surface area contributed by atoms with E-state index in [1.54, 1.807) is 36.4 Å². The van der Waals surface area contributed by atoms with Gasteiger partial charge in [-0.3, -0.25) is 9.59 Å². The van der Waals surface area contributed by atoms with Crippen molar-refractivity contribution in [2.45, 2.75) is 0 Å². The third-order valence-corrected chi connectivity index (χ3v) is 4.96. The summed E-state index contributed by atoms with van der Waals surface area (Å²) in [7, 11) is 0. The summed E-state index contributed by atoms with van der Waals surface area (Å²) < 4.78 is 5.78. The van der Waals surface area contributed by atoms with Crippen LogP contribution in [0.25, 0.3) is 17.4 Å². The maximum atomic E-state index is 12.6. The number of furan rings is 1. The minimum absolute atomic E-state index is 0.318. The van der Waals surface area contributed by atoms with Gasteiger partial charge in [-0.1, -0.05) is 41.9 Å². The molecular weight excluding hydrogens is 370 g/mol. The van der Waals surface area contributed by atoms with Gasteiger partial charge in [-0.15, -0.1) is 0 Å². The van der Waals surface area contributed by atoms with E-state index in [1.807, 2.05) is 36.4 Å². The highest BCUT2D eigenvalue weighted by atomic mass is 35.5. The van der Waals surface area contributed by atoms with Gasteiger partial charge >= 0.3 is 0 Å². The number of nitrogens with zero attached hydrogens (tertiary/aromatic N) is 1. The second-order valence-corrected chi connectivity index (χ2v) is 6.99. The molecule has 128 valence electrons. The lowest BCUT2D eigenvalue weighted by Crippen LogP contribution is -2.27. The molecule has 1 aliphatic rings. The quantitative estimate of drug-likeness (QED) is 0.535. The Morgan fingerprint density at radius 3 is 2.38 bits per heavy atom. The predicted octanol–water partition coefficient (Wildman–Crippen LogP) is 5.84. The number of rotatable bonds is 3. The van der Waals surface area contributed by atoms with Gasteiger partial charge in [0, 0.05) is 16.7 Å². The Morgan fingerprint density at radius 2 is 1.65 bits per heavy atom. The molecule has 2 aromatic carbocycles. The summed E-state index contributed by atoms with van der Waals surface area (Å²) in [5.41, 5.74) is 1.44. The highest BCUT2D eigenvalue weighted by Gasteiger charge is 2.36. The molecule has 26 heavy (non-hydrogen) atoms. The largest absolute Gasteiger partial charge is 0.457 e. The van der Waals surface area contributed by atoms with Gasteiger partial charge in [-0.05, 0) is 48.2 Å². The number of imide groups is 1. The summed E-state index contributed by atoms with van der Waals surface area (Å²) in [5.74, 6) is 0.847. The van der Waals surface area contributed by atoms with Crippen LogP contribution < -0.4 is 4.90 Å². The third-order valence-electron chi connectivity index (χ3n) is 3.84. The lowest BCUT2D eigenvalue weighted by molar-refractivity contribution is -0.113. The van der Waals surface area contributed by atoms with E-state index in [-0.39, 0.29) is 11.1 Å². The van der Waals surface area contributed by atoms with E-state index < -0.39 is 0 Å². The van der Waals surface area contributed by atoms with Crippen LogP contribution in [0.4, 0.5) is 10.5 Å². The number of amides is 2. The molecule has 1 aromatic heterocycles. The van der Waals surface area contributed by atoms with Crippen LogP contribution in [0, 0.1) is 0 Å². The molecule has 1 saturated heterocycles. The molecule has 4 nitrogen and oxygen atoms in total. The number of hydrogen-bond acceptors (Lipinski definition) is 4. The molecule has 0 N–H and O–H groups in total. The number of benzene rings is 2. The van der Waals surface area contributed by atoms with E-state index in [0.29, 0.717) is 27.1 Å². The van der Waals surface area contributed by atoms with E-state index in [1.165, 1.54) is 0 Å². The summed E-state index contributed by atoms with van der Waals surface area (Å²) >= 11 is 6.75. The highest BCUT2D eigenvalue weighted by Crippen LogP contribution is 2.36. The van der Waals surface area contributed by atoms with Crippen LogP contribution in [0.1, 0.15) is 5.76 Å². The van der Waals surface area contributed by atoms with Gasteiger partial charge < -0.3 is 4.42 Å². The first-order chi connectivity index (χ1) is 12.6. The van der Waals surface area contributed by atoms with Crippen molar-refractivity contribution in [1.82, 2.24) is 0 Å². The average Bonchev–Trinajstić information content (AvgIpc) is 3.22. The Kier molecular flexibility index (Phi) is 4.41. The van der Waals surface area contributed by atoms with Gasteiger partial charge in [0.2, 0.25) is 0 Å². The van der Waals surface area contributed by atoms with Gasteiger partial charge in [0.05, 0.1) is 10.6 Å². The molecule has 6 heteroatoms. The maximum absolute atomic E-state index is 12.6. The van der Waals surface area contributed by atoms with Gasteiger partial charge in [-0.2, -0.15) is 0 Å². The van der Waals surface area contributed by atoms with Crippen molar-refractivity contribution in [3.8, 4) is 11.3 Å². The van der Waals surface area contributed by atoms with Crippen molar-refractivity contribution in [2.24, 2.45) is 0 Å². The second-order valence-electron chi connectivity index (χ2n) is 5.56. The SMILES string of the molecule is O=C1S/C(=C\c2ccc(-c3ccccc3)o2)C(=O)N1c1ccc(Cl)cc1. The van der Waals surface area contributed by atoms with Crippen LogP contribution in [-0.2, 0) is 4.79 Å². The molecule has 0 bridgehead atoms. The van der Waals surface area contributed by atoms with Crippen molar-refractivity contribution >= 4 is 46.3 Å². The lowest BCUT2D eigenvalue weighted by atomic mass is 10.2. The summed E-state index contributed by atoms with van der Waals surface area (Å²) in [6.07, 6.45) is 1.59. The summed E-state index contributed by atoms with van der Waals surface area (Å²) in [6.45, 7) is 0. The van der Waals surface area contributed by atoms with E-state index >= 15 is 0 Å². The van der Waals surface area contributed by atoms with Gasteiger partial charge in [-0.25, -0.2) is 4.90 Å². The Balaban J connectivity index is 1.61. The van der Waals surface area contributed by atoms with Crippen molar-refractivity contribution in [2.75, 3.05) is 4.90 Å². The van der Waals surface area contributed by atoms with Crippen LogP contribution in [-0.4, -0.2) is 11.1 Å². The normalized spacial score (nSPS) is 15.9. The molecule has 4 rings (SSSR count). The predicted molar refractivity (Wildman–Crippen MR) is 104 cm³/mol. The topological polar surface area (TPSA) is 50.5 Å². The molecule has 0 atom stereocenters. The zero-order chi connectivity index (χ0) is 18.1. The molecule has 0 saturated carbocycles. The monoisotopic (exact) mass is 381 g/mol. The van der Waals surface area contributed by atoms with Gasteiger partial charge in [0.25, 0.3) is 11.1 Å². The van der Waals surface area contributed by atoms with Crippen molar-refractivity contribution in [1.29, 1.82) is 0 Å². The summed E-state index contributed by atoms with van der Waals surface area (Å²) in [6, 6.07) is 19.8. The average molecular weight is 382 g/mol. The molecule has 2 amide bonds. The number of carbonyl (C=O) groups is 2. The fourth-order valence-electron chi connectivity index (χ4n) is 2.60. The van der Waals surface area contributed by atoms with Crippen LogP contribution >= 0.6 is 23.4 Å². The molecule has 0 spiro atoms. The standard InChI is InChI=1S/C20H12ClNO3S/c21-14-6-8-15(9-7-14)22-19(23)18(26-20(22)24)12-16-10-11-17(25-16)13-4-2-1-3-5-13/h1-12H/b18-12-. The highest BCUT2D eigenvalue weighted by molar-refractivity contribution is 8.19. The van der Waals surface area contributed by atoms with Crippen LogP contribution in [0.2, 0.25) is 5.02 Å². The molecule has 0 unspecified atom stereocenters. The second kappa shape index (κ2) is 6.86. The molecular formula is C20H12ClNO3S. The smallest absolute Gasteiger partial charge is 0.298 e. The Labute approximate surface area is 159 Å². The minimum Gasteiger partial charge on any atom is -0.457 e. The molecule has 2 heterocycles. The Hall–Kier alpha value is -2.76. The number of thioether (sulfide) groups is 1. The first kappa shape index (κ1) is 16.7. The molecule has 0 radical (unpaired) electrons. The zero-order valence-electron chi connectivity index (χ0n) is 13.4. The number of anilines is 1. The number of carbonyl (C=O) groups excluding carboxylic acids is 2.